The SMILES string of the molecule is O=C(CSCc1ccccc1Br)Nc1cc(Cl)ccc1Oc1ccccc1. The second-order valence-corrected chi connectivity index (χ2v) is 7.96. The summed E-state index contributed by atoms with van der Waals surface area (Å²) in [5, 5.41) is 3.43. The Hall–Kier alpha value is -1.95. The number of hydrogen-bond donors (Lipinski definition) is 1. The van der Waals surface area contributed by atoms with Gasteiger partial charge in [-0.25, -0.2) is 0 Å². The third-order valence-electron chi connectivity index (χ3n) is 3.64. The first-order valence-electron chi connectivity index (χ1n) is 8.25. The molecule has 3 rings (SSSR count). The van der Waals surface area contributed by atoms with Gasteiger partial charge in [-0.3, -0.25) is 4.79 Å². The van der Waals surface area contributed by atoms with Crippen LogP contribution in [-0.2, 0) is 10.5 Å². The van der Waals surface area contributed by atoms with Crippen LogP contribution in [0.4, 0.5) is 5.69 Å². The molecular formula is C21H17BrClNO2S. The average Bonchev–Trinajstić information content (AvgIpc) is 2.66. The number of rotatable bonds is 7. The number of halogens is 2. The lowest BCUT2D eigenvalue weighted by Gasteiger charge is -2.13. The number of nitrogens with one attached hydrogen (secondary N) is 1. The highest BCUT2D eigenvalue weighted by molar-refractivity contribution is 9.10. The van der Waals surface area contributed by atoms with E-state index in [1.165, 1.54) is 0 Å². The van der Waals surface area contributed by atoms with Crippen molar-refractivity contribution in [3.8, 4) is 11.5 Å². The standard InChI is InChI=1S/C21H17BrClNO2S/c22-18-9-5-4-6-15(18)13-27-14-21(25)24-19-12-16(23)10-11-20(19)26-17-7-2-1-3-8-17/h1-12H,13-14H2,(H,24,25). The maximum Gasteiger partial charge on any atom is 0.234 e. The molecule has 0 aliphatic carbocycles. The van der Waals surface area contributed by atoms with Crippen molar-refractivity contribution in [1.29, 1.82) is 0 Å². The van der Waals surface area contributed by atoms with Crippen LogP contribution in [0.1, 0.15) is 5.56 Å². The number of amides is 1. The van der Waals surface area contributed by atoms with Gasteiger partial charge in [0.05, 0.1) is 11.4 Å². The topological polar surface area (TPSA) is 38.3 Å². The van der Waals surface area contributed by atoms with Crippen molar-refractivity contribution in [3.63, 3.8) is 0 Å². The number of anilines is 1. The van der Waals surface area contributed by atoms with Gasteiger partial charge in [0.25, 0.3) is 0 Å². The molecule has 1 amide bonds. The maximum atomic E-state index is 12.4. The van der Waals surface area contributed by atoms with Crippen LogP contribution in [0, 0.1) is 0 Å². The smallest absolute Gasteiger partial charge is 0.234 e. The first-order valence-corrected chi connectivity index (χ1v) is 10.6. The molecule has 3 aromatic rings. The van der Waals surface area contributed by atoms with Crippen molar-refractivity contribution >= 4 is 50.9 Å². The van der Waals surface area contributed by atoms with Gasteiger partial charge < -0.3 is 10.1 Å². The Morgan fingerprint density at radius 1 is 1.04 bits per heavy atom. The van der Waals surface area contributed by atoms with Gasteiger partial charge in [-0.05, 0) is 42.0 Å². The zero-order valence-corrected chi connectivity index (χ0v) is 17.5. The number of ether oxygens (including phenoxy) is 1. The number of thioether (sulfide) groups is 1. The number of benzene rings is 3. The number of carbonyl (C=O) groups excluding carboxylic acids is 1. The lowest BCUT2D eigenvalue weighted by Crippen LogP contribution is -2.14. The lowest BCUT2D eigenvalue weighted by molar-refractivity contribution is -0.113. The summed E-state index contributed by atoms with van der Waals surface area (Å²) >= 11 is 11.2. The van der Waals surface area contributed by atoms with E-state index >= 15 is 0 Å². The van der Waals surface area contributed by atoms with Gasteiger partial charge in [0.2, 0.25) is 5.91 Å². The van der Waals surface area contributed by atoms with E-state index in [2.05, 4.69) is 21.2 Å². The highest BCUT2D eigenvalue weighted by Crippen LogP contribution is 2.32. The van der Waals surface area contributed by atoms with Gasteiger partial charge >= 0.3 is 0 Å². The molecule has 0 atom stereocenters. The summed E-state index contributed by atoms with van der Waals surface area (Å²) < 4.78 is 6.92. The van der Waals surface area contributed by atoms with Crippen LogP contribution < -0.4 is 10.1 Å². The van der Waals surface area contributed by atoms with Crippen molar-refractivity contribution in [2.24, 2.45) is 0 Å². The van der Waals surface area contributed by atoms with Crippen molar-refractivity contribution in [2.45, 2.75) is 5.75 Å². The number of hydrogen-bond acceptors (Lipinski definition) is 3. The molecule has 3 nitrogen and oxygen atoms in total. The van der Waals surface area contributed by atoms with Gasteiger partial charge in [-0.1, -0.05) is 63.9 Å². The summed E-state index contributed by atoms with van der Waals surface area (Å²) in [5.74, 6) is 2.22. The maximum absolute atomic E-state index is 12.4. The normalized spacial score (nSPS) is 10.4. The van der Waals surface area contributed by atoms with Gasteiger partial charge in [0, 0.05) is 15.2 Å². The van der Waals surface area contributed by atoms with E-state index < -0.39 is 0 Å². The molecule has 3 aromatic carbocycles. The fourth-order valence-electron chi connectivity index (χ4n) is 2.36. The Bertz CT molecular complexity index is 921. The Balaban J connectivity index is 1.61. The van der Waals surface area contributed by atoms with Crippen LogP contribution in [0.3, 0.4) is 0 Å². The van der Waals surface area contributed by atoms with Crippen LogP contribution >= 0.6 is 39.3 Å². The number of para-hydroxylation sites is 1. The van der Waals surface area contributed by atoms with Gasteiger partial charge in [-0.15, -0.1) is 11.8 Å². The van der Waals surface area contributed by atoms with Gasteiger partial charge in [0.1, 0.15) is 5.75 Å². The Morgan fingerprint density at radius 3 is 2.56 bits per heavy atom. The molecule has 0 saturated heterocycles. The molecule has 0 spiro atoms. The third kappa shape index (κ3) is 6.03. The monoisotopic (exact) mass is 461 g/mol. The summed E-state index contributed by atoms with van der Waals surface area (Å²) in [6.07, 6.45) is 0. The van der Waals surface area contributed by atoms with Gasteiger partial charge in [0.15, 0.2) is 5.75 Å². The Labute approximate surface area is 176 Å². The minimum Gasteiger partial charge on any atom is -0.455 e. The molecule has 0 aliphatic heterocycles. The van der Waals surface area contributed by atoms with Gasteiger partial charge in [-0.2, -0.15) is 0 Å². The zero-order valence-electron chi connectivity index (χ0n) is 14.3. The first kappa shape index (κ1) is 19.8. The average molecular weight is 463 g/mol. The fourth-order valence-corrected chi connectivity index (χ4v) is 3.97. The highest BCUT2D eigenvalue weighted by atomic mass is 79.9. The van der Waals surface area contributed by atoms with Crippen molar-refractivity contribution in [2.75, 3.05) is 11.1 Å². The molecule has 0 bridgehead atoms. The highest BCUT2D eigenvalue weighted by Gasteiger charge is 2.10. The quantitative estimate of drug-likeness (QED) is 0.421. The zero-order chi connectivity index (χ0) is 19.1. The second-order valence-electron chi connectivity index (χ2n) is 5.69. The summed E-state index contributed by atoms with van der Waals surface area (Å²) in [7, 11) is 0. The largest absolute Gasteiger partial charge is 0.455 e. The van der Waals surface area contributed by atoms with E-state index in [-0.39, 0.29) is 5.91 Å². The predicted octanol–water partition coefficient (Wildman–Crippen LogP) is 6.77. The molecule has 0 saturated carbocycles. The lowest BCUT2D eigenvalue weighted by atomic mass is 10.2. The molecule has 0 heterocycles. The van der Waals surface area contributed by atoms with E-state index in [9.17, 15) is 4.79 Å². The van der Waals surface area contributed by atoms with E-state index in [1.54, 1.807) is 30.0 Å². The molecule has 0 unspecified atom stereocenters. The van der Waals surface area contributed by atoms with E-state index in [0.717, 1.165) is 15.8 Å². The van der Waals surface area contributed by atoms with E-state index in [1.807, 2.05) is 54.6 Å². The molecule has 6 heteroatoms. The number of carbonyl (C=O) groups is 1. The summed E-state index contributed by atoms with van der Waals surface area (Å²) in [6.45, 7) is 0. The molecule has 27 heavy (non-hydrogen) atoms. The fraction of sp³-hybridized carbons (Fsp3) is 0.0952. The van der Waals surface area contributed by atoms with Crippen molar-refractivity contribution in [3.05, 3.63) is 87.9 Å². The Morgan fingerprint density at radius 2 is 1.78 bits per heavy atom. The summed E-state index contributed by atoms with van der Waals surface area (Å²) in [6, 6.07) is 22.6. The molecule has 1 N–H and O–H groups in total. The van der Waals surface area contributed by atoms with Crippen LogP contribution in [0.2, 0.25) is 5.02 Å². The summed E-state index contributed by atoms with van der Waals surface area (Å²) in [4.78, 5) is 12.4. The molecule has 138 valence electrons. The van der Waals surface area contributed by atoms with Crippen LogP contribution in [-0.4, -0.2) is 11.7 Å². The summed E-state index contributed by atoms with van der Waals surface area (Å²) in [5.41, 5.74) is 1.71. The van der Waals surface area contributed by atoms with Crippen LogP contribution in [0.25, 0.3) is 0 Å². The molecule has 0 aromatic heterocycles. The molecule has 0 fully saturated rings. The van der Waals surface area contributed by atoms with Crippen LogP contribution in [0.15, 0.2) is 77.3 Å². The van der Waals surface area contributed by atoms with E-state index in [0.29, 0.717) is 28.0 Å². The van der Waals surface area contributed by atoms with Crippen molar-refractivity contribution in [1.82, 2.24) is 0 Å². The predicted molar refractivity (Wildman–Crippen MR) is 117 cm³/mol. The third-order valence-corrected chi connectivity index (χ3v) is 5.63. The minimum atomic E-state index is -0.104. The second kappa shape index (κ2) is 9.83. The Kier molecular flexibility index (Phi) is 7.21. The molecule has 0 aliphatic rings. The van der Waals surface area contributed by atoms with E-state index in [4.69, 9.17) is 16.3 Å². The molecule has 0 radical (unpaired) electrons. The van der Waals surface area contributed by atoms with Crippen molar-refractivity contribution < 1.29 is 9.53 Å². The van der Waals surface area contributed by atoms with Crippen LogP contribution in [0.5, 0.6) is 11.5 Å². The minimum absolute atomic E-state index is 0.104. The first-order chi connectivity index (χ1) is 13.1. The molecular weight excluding hydrogens is 446 g/mol.